The van der Waals surface area contributed by atoms with Crippen molar-refractivity contribution in [2.45, 2.75) is 18.9 Å². The number of aromatic nitrogens is 3. The summed E-state index contributed by atoms with van der Waals surface area (Å²) in [5.74, 6) is 0.731. The molecule has 0 radical (unpaired) electrons. The normalized spacial score (nSPS) is 16.2. The molecule has 1 N–H and O–H groups in total. The van der Waals surface area contributed by atoms with Crippen molar-refractivity contribution in [2.24, 2.45) is 0 Å². The molecule has 1 fully saturated rings. The third-order valence-corrected chi connectivity index (χ3v) is 5.19. The summed E-state index contributed by atoms with van der Waals surface area (Å²) in [5.41, 5.74) is 2.29. The molecule has 1 atom stereocenters. The van der Waals surface area contributed by atoms with Gasteiger partial charge in [0.2, 0.25) is 0 Å². The second-order valence-corrected chi connectivity index (χ2v) is 7.48. The number of nitrogens with zero attached hydrogens (tertiary/aromatic N) is 5. The summed E-state index contributed by atoms with van der Waals surface area (Å²) >= 11 is 0. The molecule has 4 rings (SSSR count). The molecule has 1 aromatic carbocycles. The first-order valence-corrected chi connectivity index (χ1v) is 9.66. The van der Waals surface area contributed by atoms with Gasteiger partial charge in [0.05, 0.1) is 5.56 Å². The number of fused-ring (bicyclic) bond motifs is 1. The Morgan fingerprint density at radius 2 is 1.93 bits per heavy atom. The van der Waals surface area contributed by atoms with E-state index >= 15 is 0 Å². The Morgan fingerprint density at radius 3 is 2.69 bits per heavy atom. The van der Waals surface area contributed by atoms with Gasteiger partial charge in [-0.05, 0) is 24.1 Å². The summed E-state index contributed by atoms with van der Waals surface area (Å²) in [7, 11) is 3.50. The number of carbonyl (C=O) groups is 2. The van der Waals surface area contributed by atoms with Crippen molar-refractivity contribution in [1.82, 2.24) is 29.7 Å². The molecule has 2 aromatic heterocycles. The molecule has 1 aliphatic rings. The summed E-state index contributed by atoms with van der Waals surface area (Å²) < 4.78 is 1.87. The van der Waals surface area contributed by atoms with E-state index in [4.69, 9.17) is 0 Å². The molecule has 1 aliphatic heterocycles. The van der Waals surface area contributed by atoms with E-state index < -0.39 is 0 Å². The lowest BCUT2D eigenvalue weighted by molar-refractivity contribution is 0.0950. The molecule has 0 spiro atoms. The van der Waals surface area contributed by atoms with Crippen molar-refractivity contribution in [2.75, 3.05) is 27.2 Å². The Hall–Kier alpha value is -3.42. The highest BCUT2D eigenvalue weighted by atomic mass is 16.2. The average molecular weight is 392 g/mol. The number of amides is 3. The fraction of sp³-hybridized carbons (Fsp3) is 0.333. The number of carbonyl (C=O) groups excluding carboxylic acids is 2. The van der Waals surface area contributed by atoms with Gasteiger partial charge in [-0.15, -0.1) is 10.2 Å². The van der Waals surface area contributed by atoms with E-state index in [9.17, 15) is 9.59 Å². The van der Waals surface area contributed by atoms with Crippen LogP contribution in [0.2, 0.25) is 0 Å². The standard InChI is InChI=1S/C21H24N6O2/c1-25(2)21(29)26-11-10-16(13-26)19-24-23-18-9-8-17(14-27(18)19)20(28)22-12-15-6-4-3-5-7-15/h3-9,14,16H,10-13H2,1-2H3,(H,22,28). The molecule has 8 nitrogen and oxygen atoms in total. The quantitative estimate of drug-likeness (QED) is 0.737. The van der Waals surface area contributed by atoms with E-state index in [0.29, 0.717) is 30.8 Å². The lowest BCUT2D eigenvalue weighted by atomic mass is 10.1. The molecule has 0 aliphatic carbocycles. The highest BCUT2D eigenvalue weighted by Gasteiger charge is 2.31. The van der Waals surface area contributed by atoms with E-state index in [1.54, 1.807) is 37.3 Å². The first-order valence-electron chi connectivity index (χ1n) is 9.66. The van der Waals surface area contributed by atoms with Crippen molar-refractivity contribution in [1.29, 1.82) is 0 Å². The van der Waals surface area contributed by atoms with Crippen LogP contribution >= 0.6 is 0 Å². The summed E-state index contributed by atoms with van der Waals surface area (Å²) in [4.78, 5) is 28.2. The molecule has 0 saturated carbocycles. The molecule has 0 bridgehead atoms. The van der Waals surface area contributed by atoms with Gasteiger partial charge in [0.1, 0.15) is 5.82 Å². The van der Waals surface area contributed by atoms with Gasteiger partial charge in [0.25, 0.3) is 5.91 Å². The Balaban J connectivity index is 1.51. The van der Waals surface area contributed by atoms with Crippen molar-refractivity contribution in [3.8, 4) is 0 Å². The zero-order valence-corrected chi connectivity index (χ0v) is 16.6. The van der Waals surface area contributed by atoms with E-state index in [2.05, 4.69) is 15.5 Å². The zero-order chi connectivity index (χ0) is 20.4. The Morgan fingerprint density at radius 1 is 1.14 bits per heavy atom. The zero-order valence-electron chi connectivity index (χ0n) is 16.6. The minimum Gasteiger partial charge on any atom is -0.348 e. The van der Waals surface area contributed by atoms with Gasteiger partial charge >= 0.3 is 6.03 Å². The first kappa shape index (κ1) is 18.9. The van der Waals surface area contributed by atoms with Crippen LogP contribution in [0.3, 0.4) is 0 Å². The van der Waals surface area contributed by atoms with Crippen LogP contribution in [-0.2, 0) is 6.54 Å². The summed E-state index contributed by atoms with van der Waals surface area (Å²) in [6.45, 7) is 1.76. The molecule has 1 unspecified atom stereocenters. The number of pyridine rings is 1. The van der Waals surface area contributed by atoms with Crippen LogP contribution in [0.15, 0.2) is 48.7 Å². The third kappa shape index (κ3) is 3.91. The fourth-order valence-corrected chi connectivity index (χ4v) is 3.63. The molecule has 3 heterocycles. The van der Waals surface area contributed by atoms with E-state index in [0.717, 1.165) is 17.8 Å². The van der Waals surface area contributed by atoms with Crippen LogP contribution in [0, 0.1) is 0 Å². The summed E-state index contributed by atoms with van der Waals surface area (Å²) in [6, 6.07) is 13.3. The van der Waals surface area contributed by atoms with Crippen LogP contribution in [0.5, 0.6) is 0 Å². The van der Waals surface area contributed by atoms with Crippen molar-refractivity contribution < 1.29 is 9.59 Å². The smallest absolute Gasteiger partial charge is 0.319 e. The van der Waals surface area contributed by atoms with Crippen molar-refractivity contribution >= 4 is 17.6 Å². The maximum atomic E-state index is 12.6. The number of rotatable bonds is 4. The number of hydrogen-bond acceptors (Lipinski definition) is 4. The van der Waals surface area contributed by atoms with E-state index in [-0.39, 0.29) is 17.9 Å². The lowest BCUT2D eigenvalue weighted by Crippen LogP contribution is -2.37. The van der Waals surface area contributed by atoms with E-state index in [1.165, 1.54) is 0 Å². The minimum absolute atomic E-state index is 0.00213. The fourth-order valence-electron chi connectivity index (χ4n) is 3.63. The van der Waals surface area contributed by atoms with Gasteiger partial charge in [-0.2, -0.15) is 0 Å². The SMILES string of the molecule is CN(C)C(=O)N1CCC(c2nnc3ccc(C(=O)NCc4ccccc4)cn23)C1. The number of nitrogens with one attached hydrogen (secondary N) is 1. The van der Waals surface area contributed by atoms with Crippen molar-refractivity contribution in [3.05, 3.63) is 65.6 Å². The summed E-state index contributed by atoms with van der Waals surface area (Å²) in [6.07, 6.45) is 2.60. The summed E-state index contributed by atoms with van der Waals surface area (Å²) in [5, 5.41) is 11.5. The maximum absolute atomic E-state index is 12.6. The first-order chi connectivity index (χ1) is 14.0. The van der Waals surface area contributed by atoms with Crippen LogP contribution in [0.4, 0.5) is 4.79 Å². The van der Waals surface area contributed by atoms with Crippen LogP contribution in [0.1, 0.15) is 34.1 Å². The maximum Gasteiger partial charge on any atom is 0.319 e. The monoisotopic (exact) mass is 392 g/mol. The molecular formula is C21H24N6O2. The molecule has 29 heavy (non-hydrogen) atoms. The van der Waals surface area contributed by atoms with Crippen LogP contribution < -0.4 is 5.32 Å². The van der Waals surface area contributed by atoms with Gasteiger partial charge in [0, 0.05) is 45.8 Å². The van der Waals surface area contributed by atoms with Gasteiger partial charge in [-0.25, -0.2) is 4.79 Å². The largest absolute Gasteiger partial charge is 0.348 e. The molecule has 3 amide bonds. The number of hydrogen-bond donors (Lipinski definition) is 1. The third-order valence-electron chi connectivity index (χ3n) is 5.19. The Labute approximate surface area is 169 Å². The van der Waals surface area contributed by atoms with Crippen molar-refractivity contribution in [3.63, 3.8) is 0 Å². The van der Waals surface area contributed by atoms with Crippen LogP contribution in [-0.4, -0.2) is 63.5 Å². The van der Waals surface area contributed by atoms with Gasteiger partial charge in [0.15, 0.2) is 5.65 Å². The topological polar surface area (TPSA) is 82.8 Å². The highest BCUT2D eigenvalue weighted by molar-refractivity contribution is 5.94. The number of likely N-dealkylation sites (tertiary alicyclic amines) is 1. The highest BCUT2D eigenvalue weighted by Crippen LogP contribution is 2.27. The minimum atomic E-state index is -0.147. The Bertz CT molecular complexity index is 1030. The molecule has 8 heteroatoms. The predicted octanol–water partition coefficient (Wildman–Crippen LogP) is 2.13. The van der Waals surface area contributed by atoms with E-state index in [1.807, 2.05) is 39.6 Å². The van der Waals surface area contributed by atoms with Gasteiger partial charge in [-0.3, -0.25) is 9.20 Å². The molecule has 150 valence electrons. The molecular weight excluding hydrogens is 368 g/mol. The molecule has 1 saturated heterocycles. The lowest BCUT2D eigenvalue weighted by Gasteiger charge is -2.21. The second-order valence-electron chi connectivity index (χ2n) is 7.48. The predicted molar refractivity (Wildman–Crippen MR) is 109 cm³/mol. The second kappa shape index (κ2) is 7.90. The Kier molecular flexibility index (Phi) is 5.16. The van der Waals surface area contributed by atoms with Crippen LogP contribution in [0.25, 0.3) is 5.65 Å². The molecule has 3 aromatic rings. The van der Waals surface area contributed by atoms with Gasteiger partial charge < -0.3 is 15.1 Å². The number of benzene rings is 1. The number of urea groups is 1. The average Bonchev–Trinajstić information content (AvgIpc) is 3.38. The van der Waals surface area contributed by atoms with Gasteiger partial charge in [-0.1, -0.05) is 30.3 Å².